The van der Waals surface area contributed by atoms with Crippen LogP contribution in [0.1, 0.15) is 227 Å². The van der Waals surface area contributed by atoms with Crippen molar-refractivity contribution in [2.75, 3.05) is 19.7 Å². The number of carbonyl (C=O) groups is 1. The molecule has 4 heteroatoms. The second-order valence-electron chi connectivity index (χ2n) is 15.1. The third-order valence-electron chi connectivity index (χ3n) is 10.4. The number of hydrogen-bond acceptors (Lipinski definition) is 3. The standard InChI is InChI=1S/C42H85NO3/c1-5-8-11-14-16-18-20-22-24-26-30-39(4)34-35-42(46)43(37-41(45)38-44)36-29-33-40(31-27-13-10-7-3)32-28-25-23-21-19-17-15-12-9-6-2/h39-41,44-45H,5-38H2,1-4H3. The summed E-state index contributed by atoms with van der Waals surface area (Å²) >= 11 is 0. The molecule has 0 heterocycles. The number of carbonyl (C=O) groups excluding carboxylic acids is 1. The van der Waals surface area contributed by atoms with Crippen LogP contribution >= 0.6 is 0 Å². The molecule has 1 amide bonds. The van der Waals surface area contributed by atoms with E-state index in [1.54, 1.807) is 0 Å². The molecule has 46 heavy (non-hydrogen) atoms. The first-order valence-corrected chi connectivity index (χ1v) is 21.0. The molecule has 0 aromatic rings. The molecule has 0 aromatic carbocycles. The molecule has 4 nitrogen and oxygen atoms in total. The van der Waals surface area contributed by atoms with E-state index in [2.05, 4.69) is 27.7 Å². The quantitative estimate of drug-likeness (QED) is 0.0657. The van der Waals surface area contributed by atoms with Crippen LogP contribution < -0.4 is 0 Å². The number of hydrogen-bond donors (Lipinski definition) is 2. The van der Waals surface area contributed by atoms with Gasteiger partial charge in [-0.05, 0) is 31.1 Å². The Balaban J connectivity index is 4.45. The zero-order valence-corrected chi connectivity index (χ0v) is 32.0. The Labute approximate surface area is 289 Å². The number of aliphatic hydroxyl groups is 2. The van der Waals surface area contributed by atoms with Crippen LogP contribution in [0.3, 0.4) is 0 Å². The SMILES string of the molecule is CCCCCCCCCCCCC(C)CCC(=O)N(CCCC(CCCCCC)CCCCCCCCCCCC)CC(O)CO. The Hall–Kier alpha value is -0.610. The monoisotopic (exact) mass is 652 g/mol. The Morgan fingerprint density at radius 1 is 0.522 bits per heavy atom. The molecule has 0 aromatic heterocycles. The van der Waals surface area contributed by atoms with Gasteiger partial charge in [0.2, 0.25) is 5.91 Å². The molecule has 0 radical (unpaired) electrons. The van der Waals surface area contributed by atoms with E-state index >= 15 is 0 Å². The first-order chi connectivity index (χ1) is 22.5. The Morgan fingerprint density at radius 2 is 0.891 bits per heavy atom. The van der Waals surface area contributed by atoms with E-state index < -0.39 is 6.10 Å². The average molecular weight is 652 g/mol. The molecule has 0 aliphatic rings. The Morgan fingerprint density at radius 3 is 1.33 bits per heavy atom. The molecule has 0 spiro atoms. The van der Waals surface area contributed by atoms with E-state index in [-0.39, 0.29) is 19.1 Å². The van der Waals surface area contributed by atoms with Gasteiger partial charge in [-0.15, -0.1) is 0 Å². The van der Waals surface area contributed by atoms with E-state index in [0.29, 0.717) is 18.9 Å². The van der Waals surface area contributed by atoms with E-state index in [4.69, 9.17) is 0 Å². The lowest BCUT2D eigenvalue weighted by atomic mass is 9.90. The largest absolute Gasteiger partial charge is 0.394 e. The van der Waals surface area contributed by atoms with Crippen LogP contribution in [0.25, 0.3) is 0 Å². The zero-order chi connectivity index (χ0) is 33.9. The summed E-state index contributed by atoms with van der Waals surface area (Å²) in [4.78, 5) is 15.1. The maximum atomic E-state index is 13.3. The summed E-state index contributed by atoms with van der Waals surface area (Å²) in [7, 11) is 0. The van der Waals surface area contributed by atoms with Crippen molar-refractivity contribution in [2.24, 2.45) is 11.8 Å². The minimum atomic E-state index is -0.843. The molecule has 0 saturated carbocycles. The van der Waals surface area contributed by atoms with E-state index in [1.807, 2.05) is 4.90 Å². The highest BCUT2D eigenvalue weighted by Gasteiger charge is 2.19. The number of aliphatic hydroxyl groups excluding tert-OH is 2. The van der Waals surface area contributed by atoms with Crippen molar-refractivity contribution in [1.82, 2.24) is 4.90 Å². The topological polar surface area (TPSA) is 60.8 Å². The van der Waals surface area contributed by atoms with Crippen LogP contribution in [0.15, 0.2) is 0 Å². The van der Waals surface area contributed by atoms with E-state index in [9.17, 15) is 15.0 Å². The fourth-order valence-corrected chi connectivity index (χ4v) is 7.07. The number of rotatable bonds is 37. The van der Waals surface area contributed by atoms with Crippen molar-refractivity contribution in [2.45, 2.75) is 233 Å². The minimum Gasteiger partial charge on any atom is -0.394 e. The predicted molar refractivity (Wildman–Crippen MR) is 202 cm³/mol. The van der Waals surface area contributed by atoms with Crippen molar-refractivity contribution in [3.63, 3.8) is 0 Å². The van der Waals surface area contributed by atoms with Crippen molar-refractivity contribution < 1.29 is 15.0 Å². The maximum absolute atomic E-state index is 13.3. The number of amides is 1. The lowest BCUT2D eigenvalue weighted by Crippen LogP contribution is -2.39. The summed E-state index contributed by atoms with van der Waals surface area (Å²) in [5.74, 6) is 1.49. The molecule has 0 aliphatic heterocycles. The van der Waals surface area contributed by atoms with Crippen LogP contribution in [0.4, 0.5) is 0 Å². The molecule has 3 atom stereocenters. The first-order valence-electron chi connectivity index (χ1n) is 21.0. The summed E-state index contributed by atoms with van der Waals surface area (Å²) in [5, 5.41) is 19.7. The third kappa shape index (κ3) is 30.7. The van der Waals surface area contributed by atoms with Gasteiger partial charge in [0.15, 0.2) is 0 Å². The molecular weight excluding hydrogens is 566 g/mol. The van der Waals surface area contributed by atoms with Crippen LogP contribution in [0.5, 0.6) is 0 Å². The van der Waals surface area contributed by atoms with Gasteiger partial charge in [0.05, 0.1) is 12.7 Å². The molecule has 276 valence electrons. The molecule has 0 rings (SSSR count). The fraction of sp³-hybridized carbons (Fsp3) is 0.976. The van der Waals surface area contributed by atoms with Crippen LogP contribution in [0, 0.1) is 11.8 Å². The lowest BCUT2D eigenvalue weighted by molar-refractivity contribution is -0.133. The van der Waals surface area contributed by atoms with Gasteiger partial charge in [-0.3, -0.25) is 4.79 Å². The predicted octanol–water partition coefficient (Wildman–Crippen LogP) is 12.6. The van der Waals surface area contributed by atoms with Gasteiger partial charge in [0.1, 0.15) is 0 Å². The van der Waals surface area contributed by atoms with Gasteiger partial charge in [-0.25, -0.2) is 0 Å². The Bertz CT molecular complexity index is 612. The van der Waals surface area contributed by atoms with Crippen LogP contribution in [0.2, 0.25) is 0 Å². The van der Waals surface area contributed by atoms with E-state index in [0.717, 1.165) is 18.8 Å². The highest BCUT2D eigenvalue weighted by molar-refractivity contribution is 5.76. The second-order valence-corrected chi connectivity index (χ2v) is 15.1. The third-order valence-corrected chi connectivity index (χ3v) is 10.4. The fourth-order valence-electron chi connectivity index (χ4n) is 7.07. The molecule has 0 aliphatic carbocycles. The van der Waals surface area contributed by atoms with Crippen LogP contribution in [-0.2, 0) is 4.79 Å². The highest BCUT2D eigenvalue weighted by Crippen LogP contribution is 2.24. The molecule has 3 unspecified atom stereocenters. The minimum absolute atomic E-state index is 0.164. The first kappa shape index (κ1) is 45.4. The summed E-state index contributed by atoms with van der Waals surface area (Å²) in [6, 6.07) is 0. The van der Waals surface area contributed by atoms with Gasteiger partial charge in [-0.1, -0.05) is 201 Å². The maximum Gasteiger partial charge on any atom is 0.222 e. The molecule has 2 N–H and O–H groups in total. The normalized spacial score (nSPS) is 13.6. The molecule has 0 bridgehead atoms. The smallest absolute Gasteiger partial charge is 0.222 e. The van der Waals surface area contributed by atoms with Gasteiger partial charge in [-0.2, -0.15) is 0 Å². The molecular formula is C42H85NO3. The Kier molecular flexibility index (Phi) is 35.2. The molecule has 0 saturated heterocycles. The zero-order valence-electron chi connectivity index (χ0n) is 32.0. The lowest BCUT2D eigenvalue weighted by Gasteiger charge is -2.26. The second kappa shape index (κ2) is 35.7. The van der Waals surface area contributed by atoms with Gasteiger partial charge >= 0.3 is 0 Å². The van der Waals surface area contributed by atoms with Crippen molar-refractivity contribution in [3.05, 3.63) is 0 Å². The number of unbranched alkanes of at least 4 members (excludes halogenated alkanes) is 21. The summed E-state index contributed by atoms with van der Waals surface area (Å²) in [6.07, 6.45) is 39.5. The average Bonchev–Trinajstić information content (AvgIpc) is 3.06. The summed E-state index contributed by atoms with van der Waals surface area (Å²) in [6.45, 7) is 9.85. The summed E-state index contributed by atoms with van der Waals surface area (Å²) < 4.78 is 0. The summed E-state index contributed by atoms with van der Waals surface area (Å²) in [5.41, 5.74) is 0. The van der Waals surface area contributed by atoms with Gasteiger partial charge in [0, 0.05) is 19.5 Å². The van der Waals surface area contributed by atoms with Crippen molar-refractivity contribution in [3.8, 4) is 0 Å². The van der Waals surface area contributed by atoms with Crippen LogP contribution in [-0.4, -0.2) is 46.8 Å². The van der Waals surface area contributed by atoms with Gasteiger partial charge in [0.25, 0.3) is 0 Å². The highest BCUT2D eigenvalue weighted by atomic mass is 16.3. The number of nitrogens with zero attached hydrogens (tertiary/aromatic N) is 1. The van der Waals surface area contributed by atoms with E-state index in [1.165, 1.54) is 180 Å². The van der Waals surface area contributed by atoms with Crippen molar-refractivity contribution in [1.29, 1.82) is 0 Å². The molecule has 0 fully saturated rings. The van der Waals surface area contributed by atoms with Crippen molar-refractivity contribution >= 4 is 5.91 Å². The van der Waals surface area contributed by atoms with Gasteiger partial charge < -0.3 is 15.1 Å².